The first-order valence-electron chi connectivity index (χ1n) is 6.91. The Kier molecular flexibility index (Phi) is 3.51. The molecule has 1 aliphatic heterocycles. The van der Waals surface area contributed by atoms with Gasteiger partial charge in [-0.1, -0.05) is 0 Å². The molecular formula is C15H15N3O3. The summed E-state index contributed by atoms with van der Waals surface area (Å²) in [6.45, 7) is 0.472. The summed E-state index contributed by atoms with van der Waals surface area (Å²) < 4.78 is 0. The number of amides is 1. The Balaban J connectivity index is 2.01. The fourth-order valence-corrected chi connectivity index (χ4v) is 2.76. The van der Waals surface area contributed by atoms with Gasteiger partial charge < -0.3 is 10.0 Å². The van der Waals surface area contributed by atoms with Gasteiger partial charge in [-0.05, 0) is 31.4 Å². The van der Waals surface area contributed by atoms with Crippen molar-refractivity contribution >= 4 is 22.8 Å². The lowest BCUT2D eigenvalue weighted by molar-refractivity contribution is -0.143. The van der Waals surface area contributed by atoms with Crippen LogP contribution in [0.4, 0.5) is 0 Å². The van der Waals surface area contributed by atoms with Gasteiger partial charge in [-0.2, -0.15) is 0 Å². The summed E-state index contributed by atoms with van der Waals surface area (Å²) in [4.78, 5) is 33.8. The largest absolute Gasteiger partial charge is 0.480 e. The van der Waals surface area contributed by atoms with Crippen LogP contribution in [0.1, 0.15) is 29.6 Å². The molecule has 1 amide bonds. The minimum atomic E-state index is -0.945. The fraction of sp³-hybridized carbons (Fsp3) is 0.333. The number of piperidine rings is 1. The van der Waals surface area contributed by atoms with E-state index in [1.807, 2.05) is 0 Å². The van der Waals surface area contributed by atoms with Gasteiger partial charge in [-0.25, -0.2) is 4.79 Å². The third kappa shape index (κ3) is 2.44. The van der Waals surface area contributed by atoms with Crippen LogP contribution in [0.5, 0.6) is 0 Å². The molecule has 0 radical (unpaired) electrons. The minimum Gasteiger partial charge on any atom is -0.480 e. The van der Waals surface area contributed by atoms with E-state index >= 15 is 0 Å². The molecule has 2 aromatic rings. The van der Waals surface area contributed by atoms with Crippen LogP contribution < -0.4 is 0 Å². The molecule has 1 saturated heterocycles. The Bertz CT molecular complexity index is 696. The zero-order chi connectivity index (χ0) is 14.8. The van der Waals surface area contributed by atoms with Crippen molar-refractivity contribution in [1.29, 1.82) is 0 Å². The number of fused-ring (bicyclic) bond motifs is 1. The van der Waals surface area contributed by atoms with E-state index in [9.17, 15) is 14.7 Å². The summed E-state index contributed by atoms with van der Waals surface area (Å²) in [5.41, 5.74) is 1.14. The van der Waals surface area contributed by atoms with Gasteiger partial charge in [0.1, 0.15) is 6.04 Å². The molecule has 0 spiro atoms. The maximum Gasteiger partial charge on any atom is 0.326 e. The molecule has 108 valence electrons. The van der Waals surface area contributed by atoms with Gasteiger partial charge in [-0.15, -0.1) is 0 Å². The van der Waals surface area contributed by atoms with Crippen LogP contribution in [0.3, 0.4) is 0 Å². The number of aromatic nitrogens is 2. The molecule has 3 rings (SSSR count). The number of likely N-dealkylation sites (tertiary alicyclic amines) is 1. The smallest absolute Gasteiger partial charge is 0.326 e. The Morgan fingerprint density at radius 1 is 1.24 bits per heavy atom. The Morgan fingerprint density at radius 3 is 2.90 bits per heavy atom. The highest BCUT2D eigenvalue weighted by molar-refractivity contribution is 6.06. The highest BCUT2D eigenvalue weighted by Crippen LogP contribution is 2.23. The number of pyridine rings is 2. The van der Waals surface area contributed by atoms with Crippen LogP contribution in [-0.2, 0) is 4.79 Å². The highest BCUT2D eigenvalue weighted by Gasteiger charge is 2.33. The first-order valence-corrected chi connectivity index (χ1v) is 6.91. The molecule has 6 nitrogen and oxygen atoms in total. The van der Waals surface area contributed by atoms with Crippen molar-refractivity contribution in [2.75, 3.05) is 6.54 Å². The van der Waals surface area contributed by atoms with E-state index < -0.39 is 12.0 Å². The first-order chi connectivity index (χ1) is 10.2. The third-order valence-corrected chi connectivity index (χ3v) is 3.82. The topological polar surface area (TPSA) is 83.4 Å². The van der Waals surface area contributed by atoms with Crippen LogP contribution in [-0.4, -0.2) is 44.4 Å². The molecule has 0 aromatic carbocycles. The lowest BCUT2D eigenvalue weighted by atomic mass is 10.00. The number of hydrogen-bond donors (Lipinski definition) is 1. The quantitative estimate of drug-likeness (QED) is 0.908. The summed E-state index contributed by atoms with van der Waals surface area (Å²) in [7, 11) is 0. The summed E-state index contributed by atoms with van der Waals surface area (Å²) in [6.07, 6.45) is 6.94. The van der Waals surface area contributed by atoms with Gasteiger partial charge in [0.15, 0.2) is 0 Å². The van der Waals surface area contributed by atoms with Gasteiger partial charge in [0.25, 0.3) is 5.91 Å². The van der Waals surface area contributed by atoms with Crippen molar-refractivity contribution in [3.8, 4) is 0 Å². The zero-order valence-electron chi connectivity index (χ0n) is 11.4. The number of rotatable bonds is 2. The lowest BCUT2D eigenvalue weighted by Crippen LogP contribution is -2.48. The predicted molar refractivity (Wildman–Crippen MR) is 75.8 cm³/mol. The van der Waals surface area contributed by atoms with Crippen molar-refractivity contribution < 1.29 is 14.7 Å². The maximum atomic E-state index is 12.7. The van der Waals surface area contributed by atoms with Gasteiger partial charge >= 0.3 is 5.97 Å². The number of carbonyl (C=O) groups is 2. The molecule has 1 N–H and O–H groups in total. The maximum absolute atomic E-state index is 12.7. The predicted octanol–water partition coefficient (Wildman–Crippen LogP) is 1.71. The van der Waals surface area contributed by atoms with Crippen LogP contribution >= 0.6 is 0 Å². The average molecular weight is 285 g/mol. The van der Waals surface area contributed by atoms with Crippen molar-refractivity contribution in [2.24, 2.45) is 0 Å². The van der Waals surface area contributed by atoms with E-state index in [-0.39, 0.29) is 5.91 Å². The van der Waals surface area contributed by atoms with E-state index in [1.165, 1.54) is 4.90 Å². The van der Waals surface area contributed by atoms with Gasteiger partial charge in [0, 0.05) is 30.5 Å². The van der Waals surface area contributed by atoms with Crippen LogP contribution in [0.15, 0.2) is 30.7 Å². The second-order valence-corrected chi connectivity index (χ2v) is 5.10. The second-order valence-electron chi connectivity index (χ2n) is 5.10. The average Bonchev–Trinajstić information content (AvgIpc) is 2.53. The summed E-state index contributed by atoms with van der Waals surface area (Å²) in [5.74, 6) is -1.21. The number of nitrogens with zero attached hydrogens (tertiary/aromatic N) is 3. The first kappa shape index (κ1) is 13.5. The molecule has 0 bridgehead atoms. The Labute approximate surface area is 121 Å². The van der Waals surface area contributed by atoms with Crippen LogP contribution in [0.25, 0.3) is 10.9 Å². The molecule has 3 heterocycles. The van der Waals surface area contributed by atoms with Crippen molar-refractivity contribution in [3.63, 3.8) is 0 Å². The summed E-state index contributed by atoms with van der Waals surface area (Å²) in [5, 5.41) is 9.95. The lowest BCUT2D eigenvalue weighted by Gasteiger charge is -2.33. The normalized spacial score (nSPS) is 18.7. The number of carbonyl (C=O) groups excluding carboxylic acids is 1. The molecule has 0 aliphatic carbocycles. The molecule has 0 saturated carbocycles. The number of hydrogen-bond acceptors (Lipinski definition) is 4. The number of carboxylic acid groups (broad SMARTS) is 1. The molecular weight excluding hydrogens is 270 g/mol. The summed E-state index contributed by atoms with van der Waals surface area (Å²) in [6, 6.07) is 2.61. The van der Waals surface area contributed by atoms with Crippen molar-refractivity contribution in [2.45, 2.75) is 25.3 Å². The van der Waals surface area contributed by atoms with Crippen molar-refractivity contribution in [1.82, 2.24) is 14.9 Å². The molecule has 6 heteroatoms. The Morgan fingerprint density at radius 2 is 2.10 bits per heavy atom. The molecule has 1 aliphatic rings. The van der Waals surface area contributed by atoms with E-state index in [1.54, 1.807) is 30.7 Å². The van der Waals surface area contributed by atoms with E-state index in [0.29, 0.717) is 29.4 Å². The van der Waals surface area contributed by atoms with Gasteiger partial charge in [0.2, 0.25) is 0 Å². The zero-order valence-corrected chi connectivity index (χ0v) is 11.4. The number of aliphatic carboxylic acids is 1. The molecule has 2 aromatic heterocycles. The fourth-order valence-electron chi connectivity index (χ4n) is 2.76. The minimum absolute atomic E-state index is 0.262. The standard InChI is InChI=1S/C15H15N3O3/c19-14(18-8-2-1-3-13(18)15(20)21)10-4-7-17-12-5-6-16-9-11(10)12/h4-7,9,13H,1-3,8H2,(H,20,21). The molecule has 21 heavy (non-hydrogen) atoms. The van der Waals surface area contributed by atoms with Gasteiger partial charge in [-0.3, -0.25) is 14.8 Å². The van der Waals surface area contributed by atoms with Gasteiger partial charge in [0.05, 0.1) is 11.1 Å². The van der Waals surface area contributed by atoms with Crippen molar-refractivity contribution in [3.05, 3.63) is 36.3 Å². The van der Waals surface area contributed by atoms with E-state index in [4.69, 9.17) is 0 Å². The summed E-state index contributed by atoms with van der Waals surface area (Å²) >= 11 is 0. The monoisotopic (exact) mass is 285 g/mol. The van der Waals surface area contributed by atoms with Crippen LogP contribution in [0.2, 0.25) is 0 Å². The van der Waals surface area contributed by atoms with E-state index in [0.717, 1.165) is 12.8 Å². The third-order valence-electron chi connectivity index (χ3n) is 3.82. The molecule has 1 atom stereocenters. The second kappa shape index (κ2) is 5.47. The Hall–Kier alpha value is -2.50. The molecule has 1 unspecified atom stereocenters. The van der Waals surface area contributed by atoms with E-state index in [2.05, 4.69) is 9.97 Å². The SMILES string of the molecule is O=C(O)C1CCCCN1C(=O)c1ccnc2ccncc12. The highest BCUT2D eigenvalue weighted by atomic mass is 16.4. The van der Waals surface area contributed by atoms with Crippen LogP contribution in [0, 0.1) is 0 Å². The molecule has 1 fully saturated rings. The number of carboxylic acids is 1.